The lowest BCUT2D eigenvalue weighted by Crippen LogP contribution is -2.54. The van der Waals surface area contributed by atoms with E-state index in [9.17, 15) is 9.59 Å². The van der Waals surface area contributed by atoms with Crippen LogP contribution >= 0.6 is 15.9 Å². The van der Waals surface area contributed by atoms with E-state index in [0.29, 0.717) is 34.1 Å². The van der Waals surface area contributed by atoms with E-state index in [4.69, 9.17) is 14.2 Å². The molecule has 226 valence electrons. The predicted octanol–water partition coefficient (Wildman–Crippen LogP) is 6.46. The summed E-state index contributed by atoms with van der Waals surface area (Å²) in [6.07, 6.45) is 3.79. The maximum absolute atomic E-state index is 15.2. The van der Waals surface area contributed by atoms with Crippen molar-refractivity contribution in [3.63, 3.8) is 0 Å². The highest BCUT2D eigenvalue weighted by Crippen LogP contribution is 2.61. The summed E-state index contributed by atoms with van der Waals surface area (Å²) in [4.78, 5) is 46.6. The van der Waals surface area contributed by atoms with E-state index in [2.05, 4.69) is 21.2 Å². The van der Waals surface area contributed by atoms with Crippen LogP contribution in [0.5, 0.6) is 17.2 Å². The number of hydrogen-bond donors (Lipinski definition) is 1. The topological polar surface area (TPSA) is 94.2 Å². The maximum atomic E-state index is 15.2. The minimum atomic E-state index is -1.58. The number of amides is 1. The smallest absolute Gasteiger partial charge is 0.238 e. The van der Waals surface area contributed by atoms with E-state index in [1.807, 2.05) is 65.7 Å². The number of carbonyl (C=O) groups excluding carboxylic acids is 3. The third kappa shape index (κ3) is 4.14. The summed E-state index contributed by atoms with van der Waals surface area (Å²) in [7, 11) is 4.47. The molecular formula is C36H29BrN2O6. The lowest BCUT2D eigenvalue weighted by Gasteiger charge is -2.35. The third-order valence-electron chi connectivity index (χ3n) is 9.20. The fourth-order valence-electron chi connectivity index (χ4n) is 7.35. The molecule has 1 saturated heterocycles. The number of para-hydroxylation sites is 1. The summed E-state index contributed by atoms with van der Waals surface area (Å²) >= 11 is 3.46. The van der Waals surface area contributed by atoms with Gasteiger partial charge in [0.1, 0.15) is 11.5 Å². The Kier molecular flexibility index (Phi) is 7.00. The highest BCUT2D eigenvalue weighted by molar-refractivity contribution is 9.10. The molecule has 1 spiro atoms. The minimum absolute atomic E-state index is 0.261. The van der Waals surface area contributed by atoms with E-state index in [1.165, 1.54) is 21.3 Å². The van der Waals surface area contributed by atoms with Gasteiger partial charge in [0.2, 0.25) is 11.7 Å². The zero-order valence-electron chi connectivity index (χ0n) is 24.7. The summed E-state index contributed by atoms with van der Waals surface area (Å²) in [5.74, 6) is -1.03. The number of ether oxygens (including phenoxy) is 3. The van der Waals surface area contributed by atoms with Gasteiger partial charge in [-0.2, -0.15) is 0 Å². The second-order valence-corrected chi connectivity index (χ2v) is 12.2. The molecule has 0 radical (unpaired) electrons. The summed E-state index contributed by atoms with van der Waals surface area (Å²) in [6.45, 7) is 0. The van der Waals surface area contributed by atoms with Crippen LogP contribution in [0, 0.1) is 5.92 Å². The van der Waals surface area contributed by atoms with Crippen LogP contribution in [-0.4, -0.2) is 49.7 Å². The molecule has 0 aromatic heterocycles. The first-order valence-corrected chi connectivity index (χ1v) is 15.2. The molecule has 9 heteroatoms. The molecule has 1 fully saturated rings. The number of halogens is 1. The molecule has 0 bridgehead atoms. The summed E-state index contributed by atoms with van der Waals surface area (Å²) in [5.41, 5.74) is 2.09. The zero-order valence-corrected chi connectivity index (χ0v) is 26.3. The Labute approximate surface area is 268 Å². The van der Waals surface area contributed by atoms with Gasteiger partial charge in [0, 0.05) is 27.5 Å². The van der Waals surface area contributed by atoms with Crippen molar-refractivity contribution in [2.24, 2.45) is 5.92 Å². The molecular weight excluding hydrogens is 636 g/mol. The molecule has 0 saturated carbocycles. The van der Waals surface area contributed by atoms with Crippen molar-refractivity contribution in [1.82, 2.24) is 4.90 Å². The number of carbonyl (C=O) groups is 3. The third-order valence-corrected chi connectivity index (χ3v) is 9.73. The Morgan fingerprint density at radius 2 is 1.49 bits per heavy atom. The van der Waals surface area contributed by atoms with Crippen molar-refractivity contribution in [2.45, 2.75) is 17.5 Å². The number of hydrogen-bond acceptors (Lipinski definition) is 7. The molecule has 3 aliphatic rings. The average molecular weight is 666 g/mol. The van der Waals surface area contributed by atoms with Crippen LogP contribution in [0.1, 0.15) is 43.4 Å². The standard InChI is InChI=1S/C36H29BrN2O6/c1-43-27-18-22(19-28(44-2)33(27)45-3)31(40)29-30-24-9-5-4-8-20(24)16-17-39(30)34(32(41)21-12-14-23(37)15-13-21)36(29)25-10-6-7-11-26(25)38-35(36)42/h4-19,29-30,34H,1-3H3,(H,38,42). The van der Waals surface area contributed by atoms with Gasteiger partial charge in [-0.25, -0.2) is 0 Å². The maximum Gasteiger partial charge on any atom is 0.238 e. The number of ketones is 2. The number of rotatable bonds is 7. The van der Waals surface area contributed by atoms with Gasteiger partial charge in [-0.3, -0.25) is 14.4 Å². The molecule has 4 aromatic rings. The van der Waals surface area contributed by atoms with Gasteiger partial charge in [-0.15, -0.1) is 0 Å². The molecule has 45 heavy (non-hydrogen) atoms. The number of anilines is 1. The SMILES string of the molecule is COc1cc(C(=O)C2C3c4ccccc4C=CN3C(C(=O)c3ccc(Br)cc3)C23C(=O)Nc2ccccc23)cc(OC)c1OC. The van der Waals surface area contributed by atoms with Crippen LogP contribution in [0.4, 0.5) is 5.69 Å². The monoisotopic (exact) mass is 664 g/mol. The summed E-state index contributed by atoms with van der Waals surface area (Å²) in [6, 6.07) is 23.7. The first kappa shape index (κ1) is 28.9. The van der Waals surface area contributed by atoms with Crippen molar-refractivity contribution in [2.75, 3.05) is 26.6 Å². The van der Waals surface area contributed by atoms with Gasteiger partial charge in [0.15, 0.2) is 23.1 Å². The van der Waals surface area contributed by atoms with Crippen molar-refractivity contribution in [1.29, 1.82) is 0 Å². The molecule has 7 rings (SSSR count). The molecule has 4 atom stereocenters. The number of nitrogens with one attached hydrogen (secondary N) is 1. The van der Waals surface area contributed by atoms with E-state index in [0.717, 1.165) is 15.6 Å². The van der Waals surface area contributed by atoms with E-state index in [1.54, 1.807) is 36.4 Å². The first-order valence-electron chi connectivity index (χ1n) is 14.4. The van der Waals surface area contributed by atoms with Crippen LogP contribution in [0.2, 0.25) is 0 Å². The Balaban J connectivity index is 1.53. The second-order valence-electron chi connectivity index (χ2n) is 11.2. The van der Waals surface area contributed by atoms with Gasteiger partial charge >= 0.3 is 0 Å². The molecule has 4 unspecified atom stereocenters. The van der Waals surface area contributed by atoms with E-state index < -0.39 is 29.3 Å². The minimum Gasteiger partial charge on any atom is -0.493 e. The molecule has 3 heterocycles. The number of benzene rings is 4. The largest absolute Gasteiger partial charge is 0.493 e. The zero-order chi connectivity index (χ0) is 31.5. The van der Waals surface area contributed by atoms with Gasteiger partial charge in [0.25, 0.3) is 0 Å². The van der Waals surface area contributed by atoms with Crippen molar-refractivity contribution < 1.29 is 28.6 Å². The quantitative estimate of drug-likeness (QED) is 0.227. The first-order chi connectivity index (χ1) is 21.8. The number of Topliss-reactive ketones (excluding diaryl/α,β-unsaturated/α-hetero) is 2. The molecule has 1 amide bonds. The van der Waals surface area contributed by atoms with Crippen molar-refractivity contribution >= 4 is 45.2 Å². The Hall–Kier alpha value is -4.89. The highest BCUT2D eigenvalue weighted by atomic mass is 79.9. The summed E-state index contributed by atoms with van der Waals surface area (Å²) in [5, 5.41) is 3.04. The van der Waals surface area contributed by atoms with Gasteiger partial charge < -0.3 is 24.4 Å². The Morgan fingerprint density at radius 3 is 2.18 bits per heavy atom. The summed E-state index contributed by atoms with van der Waals surface area (Å²) < 4.78 is 17.5. The average Bonchev–Trinajstić information content (AvgIpc) is 3.55. The molecule has 4 aromatic carbocycles. The van der Waals surface area contributed by atoms with Crippen LogP contribution in [0.3, 0.4) is 0 Å². The van der Waals surface area contributed by atoms with Gasteiger partial charge in [-0.1, -0.05) is 70.5 Å². The van der Waals surface area contributed by atoms with E-state index in [-0.39, 0.29) is 17.1 Å². The number of fused-ring (bicyclic) bond motifs is 5. The van der Waals surface area contributed by atoms with Crippen molar-refractivity contribution in [3.05, 3.63) is 123 Å². The van der Waals surface area contributed by atoms with Crippen LogP contribution in [0.25, 0.3) is 6.08 Å². The number of nitrogens with zero attached hydrogens (tertiary/aromatic N) is 1. The molecule has 8 nitrogen and oxygen atoms in total. The molecule has 3 aliphatic heterocycles. The second kappa shape index (κ2) is 10.9. The van der Waals surface area contributed by atoms with Gasteiger partial charge in [-0.05, 0) is 53.1 Å². The van der Waals surface area contributed by atoms with Crippen LogP contribution in [-0.2, 0) is 10.2 Å². The number of methoxy groups -OCH3 is 3. The van der Waals surface area contributed by atoms with Gasteiger partial charge in [0.05, 0.1) is 33.3 Å². The highest BCUT2D eigenvalue weighted by Gasteiger charge is 2.71. The normalized spacial score (nSPS) is 22.4. The lowest BCUT2D eigenvalue weighted by molar-refractivity contribution is -0.122. The van der Waals surface area contributed by atoms with Crippen LogP contribution < -0.4 is 19.5 Å². The molecule has 1 N–H and O–H groups in total. The Morgan fingerprint density at radius 1 is 0.822 bits per heavy atom. The fourth-order valence-corrected chi connectivity index (χ4v) is 7.62. The van der Waals surface area contributed by atoms with Crippen LogP contribution in [0.15, 0.2) is 95.6 Å². The van der Waals surface area contributed by atoms with Crippen molar-refractivity contribution in [3.8, 4) is 17.2 Å². The Bertz CT molecular complexity index is 1880. The molecule has 0 aliphatic carbocycles. The fraction of sp³-hybridized carbons (Fsp3) is 0.194. The van der Waals surface area contributed by atoms with E-state index >= 15 is 4.79 Å². The predicted molar refractivity (Wildman–Crippen MR) is 173 cm³/mol. The lowest BCUT2D eigenvalue weighted by atomic mass is 9.63.